The topological polar surface area (TPSA) is 53.4 Å². The molecule has 0 amide bonds. The quantitative estimate of drug-likeness (QED) is 0.722. The van der Waals surface area contributed by atoms with Crippen LogP contribution >= 0.6 is 11.3 Å². The molecule has 1 aromatic carbocycles. The molecule has 2 unspecified atom stereocenters. The summed E-state index contributed by atoms with van der Waals surface area (Å²) in [4.78, 5) is 21.1. The lowest BCUT2D eigenvalue weighted by molar-refractivity contribution is -0.142. The lowest BCUT2D eigenvalue weighted by atomic mass is 10.0. The van der Waals surface area contributed by atoms with Gasteiger partial charge in [0.05, 0.1) is 11.6 Å². The second-order valence-corrected chi connectivity index (χ2v) is 7.96. The molecule has 1 aliphatic heterocycles. The van der Waals surface area contributed by atoms with E-state index in [0.29, 0.717) is 6.42 Å². The monoisotopic (exact) mass is 366 g/mol. The van der Waals surface area contributed by atoms with Gasteiger partial charge in [0, 0.05) is 27.9 Å². The van der Waals surface area contributed by atoms with Crippen LogP contribution in [0, 0.1) is 0 Å². The fraction of sp³-hybridized carbons (Fsp3) is 0.333. The molecular weight excluding hydrogens is 344 g/mol. The number of thiophene rings is 1. The van der Waals surface area contributed by atoms with E-state index in [4.69, 9.17) is 0 Å². The van der Waals surface area contributed by atoms with E-state index in [0.717, 1.165) is 35.9 Å². The van der Waals surface area contributed by atoms with Crippen molar-refractivity contribution in [3.63, 3.8) is 0 Å². The number of rotatable bonds is 5. The van der Waals surface area contributed by atoms with Crippen LogP contribution in [0.2, 0.25) is 0 Å². The van der Waals surface area contributed by atoms with Crippen LogP contribution in [0.5, 0.6) is 0 Å². The van der Waals surface area contributed by atoms with Gasteiger partial charge in [0.1, 0.15) is 6.04 Å². The fourth-order valence-electron chi connectivity index (χ4n) is 3.85. The Balaban J connectivity index is 1.82. The average molecular weight is 366 g/mol. The number of hydrogen-bond donors (Lipinski definition) is 1. The Morgan fingerprint density at radius 2 is 2.19 bits per heavy atom. The lowest BCUT2D eigenvalue weighted by Gasteiger charge is -2.31. The smallest absolute Gasteiger partial charge is 0.320 e. The van der Waals surface area contributed by atoms with Gasteiger partial charge in [-0.1, -0.05) is 25.1 Å². The largest absolute Gasteiger partial charge is 0.480 e. The number of pyridine rings is 1. The molecule has 0 spiro atoms. The number of para-hydroxylation sites is 1. The van der Waals surface area contributed by atoms with Gasteiger partial charge in [-0.25, -0.2) is 0 Å². The molecule has 0 radical (unpaired) electrons. The number of benzene rings is 1. The van der Waals surface area contributed by atoms with Crippen molar-refractivity contribution in [3.8, 4) is 0 Å². The van der Waals surface area contributed by atoms with Crippen molar-refractivity contribution < 1.29 is 9.90 Å². The van der Waals surface area contributed by atoms with E-state index < -0.39 is 12.0 Å². The van der Waals surface area contributed by atoms with E-state index in [-0.39, 0.29) is 6.04 Å². The van der Waals surface area contributed by atoms with Gasteiger partial charge in [0.2, 0.25) is 0 Å². The van der Waals surface area contributed by atoms with Crippen molar-refractivity contribution >= 4 is 28.2 Å². The maximum absolute atomic E-state index is 11.8. The number of fused-ring (bicyclic) bond motifs is 1. The summed E-state index contributed by atoms with van der Waals surface area (Å²) in [5, 5.41) is 10.8. The zero-order valence-electron chi connectivity index (χ0n) is 14.8. The Labute approximate surface area is 157 Å². The van der Waals surface area contributed by atoms with E-state index in [9.17, 15) is 9.90 Å². The zero-order valence-corrected chi connectivity index (χ0v) is 15.6. The average Bonchev–Trinajstić information content (AvgIpc) is 3.32. The minimum absolute atomic E-state index is 0.0546. The SMILES string of the molecule is CCc1ccc(C(c2cnc3ccccc3c2)N2CCCC2C(=O)O)s1. The summed E-state index contributed by atoms with van der Waals surface area (Å²) in [6, 6.07) is 14.1. The number of aryl methyl sites for hydroxylation is 1. The molecule has 1 fully saturated rings. The molecule has 1 saturated heterocycles. The van der Waals surface area contributed by atoms with Gasteiger partial charge >= 0.3 is 5.97 Å². The summed E-state index contributed by atoms with van der Waals surface area (Å²) in [5.41, 5.74) is 2.04. The standard InChI is InChI=1S/C21H22N2O2S/c1-2-16-9-10-19(26-16)20(23-11-5-8-18(23)21(24)25)15-12-14-6-3-4-7-17(14)22-13-15/h3-4,6-7,9-10,12-13,18,20H,2,5,8,11H2,1H3,(H,24,25). The second-order valence-electron chi connectivity index (χ2n) is 6.76. The van der Waals surface area contributed by atoms with Gasteiger partial charge in [0.25, 0.3) is 0 Å². The number of carbonyl (C=O) groups is 1. The van der Waals surface area contributed by atoms with E-state index in [2.05, 4.69) is 41.1 Å². The number of aliphatic carboxylic acids is 1. The number of aromatic nitrogens is 1. The molecule has 0 aliphatic carbocycles. The van der Waals surface area contributed by atoms with Crippen LogP contribution in [0.25, 0.3) is 10.9 Å². The summed E-state index contributed by atoms with van der Waals surface area (Å²) in [6.45, 7) is 2.95. The van der Waals surface area contributed by atoms with Gasteiger partial charge < -0.3 is 5.11 Å². The minimum atomic E-state index is -0.728. The van der Waals surface area contributed by atoms with Crippen molar-refractivity contribution in [1.29, 1.82) is 0 Å². The van der Waals surface area contributed by atoms with Crippen LogP contribution in [0.15, 0.2) is 48.7 Å². The summed E-state index contributed by atoms with van der Waals surface area (Å²) < 4.78 is 0. The molecule has 1 aliphatic rings. The van der Waals surface area contributed by atoms with Crippen molar-refractivity contribution in [1.82, 2.24) is 9.88 Å². The highest BCUT2D eigenvalue weighted by Gasteiger charge is 2.37. The van der Waals surface area contributed by atoms with Gasteiger partial charge in [-0.2, -0.15) is 0 Å². The first-order valence-electron chi connectivity index (χ1n) is 9.09. The Bertz CT molecular complexity index is 936. The highest BCUT2D eigenvalue weighted by molar-refractivity contribution is 7.12. The molecule has 134 valence electrons. The number of carboxylic acid groups (broad SMARTS) is 1. The summed E-state index contributed by atoms with van der Waals surface area (Å²) >= 11 is 1.78. The molecule has 3 aromatic rings. The van der Waals surface area contributed by atoms with Crippen LogP contribution in [-0.2, 0) is 11.2 Å². The van der Waals surface area contributed by atoms with Crippen LogP contribution in [0.1, 0.15) is 41.1 Å². The highest BCUT2D eigenvalue weighted by Crippen LogP contribution is 2.38. The van der Waals surface area contributed by atoms with Crippen molar-refractivity contribution in [2.45, 2.75) is 38.3 Å². The minimum Gasteiger partial charge on any atom is -0.480 e. The molecule has 2 atom stereocenters. The molecule has 4 nitrogen and oxygen atoms in total. The van der Waals surface area contributed by atoms with Crippen molar-refractivity contribution in [2.75, 3.05) is 6.54 Å². The molecule has 4 rings (SSSR count). The zero-order chi connectivity index (χ0) is 18.1. The first kappa shape index (κ1) is 17.2. The second kappa shape index (κ2) is 7.17. The third-order valence-electron chi connectivity index (χ3n) is 5.14. The third kappa shape index (κ3) is 3.13. The highest BCUT2D eigenvalue weighted by atomic mass is 32.1. The van der Waals surface area contributed by atoms with Crippen LogP contribution in [-0.4, -0.2) is 33.5 Å². The van der Waals surface area contributed by atoms with Gasteiger partial charge in [-0.3, -0.25) is 14.7 Å². The normalized spacial score (nSPS) is 19.0. The molecule has 26 heavy (non-hydrogen) atoms. The predicted molar refractivity (Wildman–Crippen MR) is 105 cm³/mol. The predicted octanol–water partition coefficient (Wildman–Crippen LogP) is 4.50. The lowest BCUT2D eigenvalue weighted by Crippen LogP contribution is -2.39. The first-order valence-corrected chi connectivity index (χ1v) is 9.91. The molecule has 2 aromatic heterocycles. The van der Waals surface area contributed by atoms with Gasteiger partial charge in [-0.15, -0.1) is 11.3 Å². The maximum Gasteiger partial charge on any atom is 0.320 e. The first-order chi connectivity index (χ1) is 12.7. The van der Waals surface area contributed by atoms with E-state index in [1.165, 1.54) is 9.75 Å². The molecule has 5 heteroatoms. The Kier molecular flexibility index (Phi) is 4.74. The third-order valence-corrected chi connectivity index (χ3v) is 6.42. The fourth-order valence-corrected chi connectivity index (χ4v) is 4.95. The van der Waals surface area contributed by atoms with Gasteiger partial charge in [-0.05, 0) is 49.1 Å². The van der Waals surface area contributed by atoms with E-state index >= 15 is 0 Å². The molecule has 0 saturated carbocycles. The summed E-state index contributed by atoms with van der Waals surface area (Å²) in [6.07, 6.45) is 4.53. The number of likely N-dealkylation sites (tertiary alicyclic amines) is 1. The van der Waals surface area contributed by atoms with E-state index in [1.807, 2.05) is 24.4 Å². The Hall–Kier alpha value is -2.24. The summed E-state index contributed by atoms with van der Waals surface area (Å²) in [7, 11) is 0. The summed E-state index contributed by atoms with van der Waals surface area (Å²) in [5.74, 6) is -0.728. The molecule has 1 N–H and O–H groups in total. The number of nitrogens with zero attached hydrogens (tertiary/aromatic N) is 2. The maximum atomic E-state index is 11.8. The van der Waals surface area contributed by atoms with Crippen molar-refractivity contribution in [2.24, 2.45) is 0 Å². The Morgan fingerprint density at radius 1 is 1.35 bits per heavy atom. The van der Waals surface area contributed by atoms with Crippen molar-refractivity contribution in [3.05, 3.63) is 64.0 Å². The van der Waals surface area contributed by atoms with Gasteiger partial charge in [0.15, 0.2) is 0 Å². The molecule has 3 heterocycles. The van der Waals surface area contributed by atoms with Crippen LogP contribution < -0.4 is 0 Å². The molecular formula is C21H22N2O2S. The van der Waals surface area contributed by atoms with Crippen LogP contribution in [0.4, 0.5) is 0 Å². The molecule has 0 bridgehead atoms. The number of carboxylic acids is 1. The van der Waals surface area contributed by atoms with Crippen LogP contribution in [0.3, 0.4) is 0 Å². The van der Waals surface area contributed by atoms with E-state index in [1.54, 1.807) is 11.3 Å². The Morgan fingerprint density at radius 3 is 2.96 bits per heavy atom. The number of hydrogen-bond acceptors (Lipinski definition) is 4.